The van der Waals surface area contributed by atoms with Crippen molar-refractivity contribution in [3.63, 3.8) is 0 Å². The summed E-state index contributed by atoms with van der Waals surface area (Å²) in [7, 11) is 0. The van der Waals surface area contributed by atoms with Crippen LogP contribution in [0, 0.1) is 0 Å². The molecule has 0 aliphatic carbocycles. The van der Waals surface area contributed by atoms with E-state index in [9.17, 15) is 0 Å². The third-order valence-electron chi connectivity index (χ3n) is 9.69. The second-order valence-corrected chi connectivity index (χ2v) is 12.6. The van der Waals surface area contributed by atoms with E-state index in [0.29, 0.717) is 0 Å². The van der Waals surface area contributed by atoms with E-state index in [1.807, 2.05) is 36.4 Å². The van der Waals surface area contributed by atoms with Gasteiger partial charge in [0.15, 0.2) is 6.17 Å². The topological polar surface area (TPSA) is 49.9 Å². The van der Waals surface area contributed by atoms with Gasteiger partial charge in [0.05, 0.1) is 0 Å². The molecule has 49 heavy (non-hydrogen) atoms. The quantitative estimate of drug-likeness (QED) is 0.197. The Morgan fingerprint density at radius 3 is 2.02 bits per heavy atom. The van der Waals surface area contributed by atoms with Gasteiger partial charge < -0.3 is 9.73 Å². The Kier molecular flexibility index (Phi) is 6.21. The first-order valence-corrected chi connectivity index (χ1v) is 16.6. The zero-order valence-electron chi connectivity index (χ0n) is 26.5. The van der Waals surface area contributed by atoms with E-state index in [2.05, 4.69) is 133 Å². The van der Waals surface area contributed by atoms with Crippen molar-refractivity contribution in [2.75, 3.05) is 0 Å². The molecule has 0 fully saturated rings. The molecule has 0 saturated heterocycles. The van der Waals surface area contributed by atoms with Crippen molar-refractivity contribution < 1.29 is 4.42 Å². The van der Waals surface area contributed by atoms with Gasteiger partial charge in [0.2, 0.25) is 0 Å². The molecular weight excluding hydrogens is 599 g/mol. The Hall–Kier alpha value is -6.52. The van der Waals surface area contributed by atoms with Crippen LogP contribution in [0.1, 0.15) is 22.9 Å². The highest BCUT2D eigenvalue weighted by molar-refractivity contribution is 6.23. The van der Waals surface area contributed by atoms with Crippen molar-refractivity contribution in [3.8, 4) is 11.1 Å². The van der Waals surface area contributed by atoms with Crippen LogP contribution in [0.15, 0.2) is 178 Å². The summed E-state index contributed by atoms with van der Waals surface area (Å²) in [5.41, 5.74) is 7.27. The highest BCUT2D eigenvalue weighted by atomic mass is 16.3. The summed E-state index contributed by atoms with van der Waals surface area (Å²) < 4.78 is 6.18. The zero-order chi connectivity index (χ0) is 32.3. The standard InChI is InChI=1S/C45H29N3O/c1-2-11-28(12-3-1)43-46-44(48-45(47-43)39-27-31-13-4-5-14-34(31)36-15-6-7-16-37(36)39)33-24-22-29-25-32(23-21-30(29)26-33)35-18-10-20-41-42(35)38-17-8-9-19-40(38)49-41/h1-27,44H,(H,46,47,48). The Balaban J connectivity index is 1.10. The van der Waals surface area contributed by atoms with Gasteiger partial charge in [-0.3, -0.25) is 0 Å². The van der Waals surface area contributed by atoms with E-state index in [-0.39, 0.29) is 0 Å². The van der Waals surface area contributed by atoms with Crippen LogP contribution in [0.25, 0.3) is 65.4 Å². The molecule has 1 aliphatic rings. The highest BCUT2D eigenvalue weighted by Gasteiger charge is 2.23. The van der Waals surface area contributed by atoms with Gasteiger partial charge in [-0.25, -0.2) is 9.98 Å². The van der Waals surface area contributed by atoms with E-state index in [1.54, 1.807) is 0 Å². The van der Waals surface area contributed by atoms with Crippen LogP contribution in [0.5, 0.6) is 0 Å². The van der Waals surface area contributed by atoms with Gasteiger partial charge in [0, 0.05) is 21.9 Å². The first-order valence-electron chi connectivity index (χ1n) is 16.6. The Morgan fingerprint density at radius 2 is 1.12 bits per heavy atom. The van der Waals surface area contributed by atoms with Crippen molar-refractivity contribution in [1.29, 1.82) is 0 Å². The second-order valence-electron chi connectivity index (χ2n) is 12.6. The minimum Gasteiger partial charge on any atom is -0.456 e. The number of aliphatic imine (C=N–C) groups is 2. The van der Waals surface area contributed by atoms with Gasteiger partial charge in [-0.15, -0.1) is 0 Å². The van der Waals surface area contributed by atoms with E-state index in [0.717, 1.165) is 72.0 Å². The van der Waals surface area contributed by atoms with E-state index < -0.39 is 6.17 Å². The maximum absolute atomic E-state index is 6.18. The molecule has 10 rings (SSSR count). The SMILES string of the molecule is c1ccc(C2=NC(c3ccc4cc(-c5cccc6oc7ccccc7c56)ccc4c3)N=C(c3cc4ccccc4c4ccccc34)N2)cc1. The van der Waals surface area contributed by atoms with Crippen molar-refractivity contribution in [1.82, 2.24) is 5.32 Å². The van der Waals surface area contributed by atoms with Crippen molar-refractivity contribution in [2.45, 2.75) is 6.17 Å². The van der Waals surface area contributed by atoms with Crippen LogP contribution in [0.4, 0.5) is 0 Å². The smallest absolute Gasteiger partial charge is 0.169 e. The third-order valence-corrected chi connectivity index (χ3v) is 9.69. The van der Waals surface area contributed by atoms with E-state index in [4.69, 9.17) is 14.4 Å². The lowest BCUT2D eigenvalue weighted by Gasteiger charge is -2.23. The second kappa shape index (κ2) is 11.0. The molecular formula is C45H29N3O. The molecule has 1 N–H and O–H groups in total. The first kappa shape index (κ1) is 27.6. The minimum atomic E-state index is -0.410. The predicted octanol–water partition coefficient (Wildman–Crippen LogP) is 11.2. The van der Waals surface area contributed by atoms with E-state index >= 15 is 0 Å². The molecule has 1 aromatic heterocycles. The average Bonchev–Trinajstić information content (AvgIpc) is 3.56. The lowest BCUT2D eigenvalue weighted by atomic mass is 9.95. The summed E-state index contributed by atoms with van der Waals surface area (Å²) in [6.45, 7) is 0. The van der Waals surface area contributed by atoms with Crippen molar-refractivity contribution in [3.05, 3.63) is 180 Å². The average molecular weight is 628 g/mol. The summed E-state index contributed by atoms with van der Waals surface area (Å²) in [6, 6.07) is 57.5. The molecule has 2 heterocycles. The summed E-state index contributed by atoms with van der Waals surface area (Å²) in [5, 5.41) is 13.0. The molecule has 0 saturated carbocycles. The Labute approximate surface area is 282 Å². The molecule has 9 aromatic rings. The molecule has 0 amide bonds. The molecule has 0 bridgehead atoms. The normalized spacial score (nSPS) is 14.7. The molecule has 1 aliphatic heterocycles. The molecule has 0 spiro atoms. The van der Waals surface area contributed by atoms with Crippen LogP contribution < -0.4 is 5.32 Å². The number of benzene rings is 8. The number of nitrogens with zero attached hydrogens (tertiary/aromatic N) is 2. The zero-order valence-corrected chi connectivity index (χ0v) is 26.5. The maximum Gasteiger partial charge on any atom is 0.169 e. The predicted molar refractivity (Wildman–Crippen MR) is 204 cm³/mol. The number of para-hydroxylation sites is 1. The Bertz CT molecular complexity index is 2810. The van der Waals surface area contributed by atoms with Crippen LogP contribution in [-0.4, -0.2) is 11.7 Å². The van der Waals surface area contributed by atoms with Gasteiger partial charge in [0.25, 0.3) is 0 Å². The minimum absolute atomic E-state index is 0.410. The molecule has 0 radical (unpaired) electrons. The number of rotatable bonds is 4. The lowest BCUT2D eigenvalue weighted by molar-refractivity contribution is 0.669. The molecule has 8 aromatic carbocycles. The number of nitrogens with one attached hydrogen (secondary N) is 1. The number of furan rings is 1. The third kappa shape index (κ3) is 4.61. The van der Waals surface area contributed by atoms with Crippen molar-refractivity contribution in [2.24, 2.45) is 9.98 Å². The molecule has 4 nitrogen and oxygen atoms in total. The van der Waals surface area contributed by atoms with Crippen LogP contribution >= 0.6 is 0 Å². The Morgan fingerprint density at radius 1 is 0.429 bits per heavy atom. The van der Waals surface area contributed by atoms with Gasteiger partial charge in [-0.1, -0.05) is 133 Å². The van der Waals surface area contributed by atoms with Gasteiger partial charge in [0.1, 0.15) is 22.8 Å². The van der Waals surface area contributed by atoms with Crippen molar-refractivity contribution >= 4 is 65.9 Å². The summed E-state index contributed by atoms with van der Waals surface area (Å²) in [6.07, 6.45) is -0.410. The van der Waals surface area contributed by atoms with Crippen LogP contribution in [0.2, 0.25) is 0 Å². The molecule has 4 heteroatoms. The fraction of sp³-hybridized carbons (Fsp3) is 0.0222. The lowest BCUT2D eigenvalue weighted by Crippen LogP contribution is -2.36. The first-order chi connectivity index (χ1) is 24.3. The van der Waals surface area contributed by atoms with E-state index in [1.165, 1.54) is 21.7 Å². The number of fused-ring (bicyclic) bond motifs is 7. The monoisotopic (exact) mass is 627 g/mol. The highest BCUT2D eigenvalue weighted by Crippen LogP contribution is 2.38. The van der Waals surface area contributed by atoms with Crippen LogP contribution in [-0.2, 0) is 0 Å². The maximum atomic E-state index is 6.18. The summed E-state index contributed by atoms with van der Waals surface area (Å²) in [5.74, 6) is 1.63. The van der Waals surface area contributed by atoms with Gasteiger partial charge in [-0.05, 0) is 79.3 Å². The fourth-order valence-corrected chi connectivity index (χ4v) is 7.34. The number of amidine groups is 2. The number of hydrogen-bond donors (Lipinski definition) is 1. The van der Waals surface area contributed by atoms with Gasteiger partial charge in [-0.2, -0.15) is 0 Å². The largest absolute Gasteiger partial charge is 0.456 e. The molecule has 230 valence electrons. The summed E-state index contributed by atoms with van der Waals surface area (Å²) >= 11 is 0. The summed E-state index contributed by atoms with van der Waals surface area (Å²) in [4.78, 5) is 10.5. The number of hydrogen-bond acceptors (Lipinski definition) is 4. The molecule has 1 atom stereocenters. The fourth-order valence-electron chi connectivity index (χ4n) is 7.34. The van der Waals surface area contributed by atoms with Crippen LogP contribution in [0.3, 0.4) is 0 Å². The van der Waals surface area contributed by atoms with Gasteiger partial charge >= 0.3 is 0 Å². The molecule has 1 unspecified atom stereocenters.